The summed E-state index contributed by atoms with van der Waals surface area (Å²) in [5.74, 6) is 0.128. The zero-order valence-corrected chi connectivity index (χ0v) is 14.7. The normalized spacial score (nSPS) is 11.7. The Balaban J connectivity index is 2.30. The van der Waals surface area contributed by atoms with Crippen molar-refractivity contribution in [3.8, 4) is 11.6 Å². The zero-order valence-electron chi connectivity index (χ0n) is 12.4. The van der Waals surface area contributed by atoms with Crippen LogP contribution in [0.3, 0.4) is 0 Å². The van der Waals surface area contributed by atoms with Crippen LogP contribution in [0.15, 0.2) is 29.6 Å². The third-order valence-electron chi connectivity index (χ3n) is 2.45. The highest BCUT2D eigenvalue weighted by Crippen LogP contribution is 2.21. The maximum atomic E-state index is 12.0. The molecule has 0 saturated carbocycles. The van der Waals surface area contributed by atoms with Gasteiger partial charge in [0.05, 0.1) is 23.8 Å². The fraction of sp³-hybridized carbons (Fsp3) is 0.308. The molecule has 10 heteroatoms. The second kappa shape index (κ2) is 8.19. The number of aromatic amines is 1. The highest BCUT2D eigenvalue weighted by Gasteiger charge is 2.15. The van der Waals surface area contributed by atoms with Crippen LogP contribution in [0.25, 0.3) is 0 Å². The molecule has 23 heavy (non-hydrogen) atoms. The molecular formula is C13H15Cl2N3O4S. The van der Waals surface area contributed by atoms with E-state index in [1.165, 1.54) is 0 Å². The average Bonchev–Trinajstić information content (AvgIpc) is 2.51. The molecule has 126 valence electrons. The molecule has 0 aliphatic heterocycles. The number of alkyl halides is 1. The Morgan fingerprint density at radius 2 is 2.17 bits per heavy atom. The number of benzene rings is 1. The van der Waals surface area contributed by atoms with Crippen molar-refractivity contribution in [3.63, 3.8) is 0 Å². The van der Waals surface area contributed by atoms with E-state index in [4.69, 9.17) is 37.7 Å². The van der Waals surface area contributed by atoms with Crippen molar-refractivity contribution in [2.75, 3.05) is 6.61 Å². The number of aromatic nitrogens is 3. The molecule has 0 amide bonds. The zero-order chi connectivity index (χ0) is 16.8. The molecule has 0 saturated heterocycles. The van der Waals surface area contributed by atoms with Crippen LogP contribution in [0.4, 0.5) is 0 Å². The van der Waals surface area contributed by atoms with Crippen LogP contribution in [-0.4, -0.2) is 31.8 Å². The molecule has 1 atom stereocenters. The third-order valence-corrected chi connectivity index (χ3v) is 3.56. The van der Waals surface area contributed by atoms with Crippen LogP contribution in [-0.2, 0) is 4.74 Å². The van der Waals surface area contributed by atoms with Crippen molar-refractivity contribution < 1.29 is 19.1 Å². The van der Waals surface area contributed by atoms with E-state index < -0.39 is 11.5 Å². The van der Waals surface area contributed by atoms with Gasteiger partial charge in [0.1, 0.15) is 5.56 Å². The standard InChI is InChI=1S/C13H15Cl2N3O4S/c1-3-20-13(19)10-6-4-5-7-11(10)22-18-16-12(21-9(2)14)8-23-17(18)15/h4-9,16H,3H2,1-2H3. The lowest BCUT2D eigenvalue weighted by Gasteiger charge is -2.15. The molecule has 0 fully saturated rings. The summed E-state index contributed by atoms with van der Waals surface area (Å²) in [4.78, 5) is 18.7. The number of hydrogen-bond acceptors (Lipinski definition) is 5. The Kier molecular flexibility index (Phi) is 6.26. The maximum Gasteiger partial charge on any atom is 0.342 e. The molecule has 1 unspecified atom stereocenters. The van der Waals surface area contributed by atoms with Crippen molar-refractivity contribution in [2.45, 2.75) is 19.4 Å². The van der Waals surface area contributed by atoms with Crippen LogP contribution in [0.5, 0.6) is 11.6 Å². The Morgan fingerprint density at radius 1 is 1.43 bits per heavy atom. The summed E-state index contributed by atoms with van der Waals surface area (Å²) in [5, 5.41) is 4.38. The van der Waals surface area contributed by atoms with E-state index >= 15 is 0 Å². The van der Waals surface area contributed by atoms with Gasteiger partial charge in [-0.05, 0) is 42.5 Å². The fourth-order valence-corrected chi connectivity index (χ4v) is 2.33. The van der Waals surface area contributed by atoms with Gasteiger partial charge in [-0.25, -0.2) is 9.89 Å². The largest absolute Gasteiger partial charge is 0.462 e. The number of H-pyrrole nitrogens is 1. The molecule has 0 radical (unpaired) electrons. The minimum absolute atomic E-state index is 0.265. The summed E-state index contributed by atoms with van der Waals surface area (Å²) in [5.41, 5.74) is -0.265. The molecule has 0 bridgehead atoms. The van der Waals surface area contributed by atoms with E-state index in [0.29, 0.717) is 5.88 Å². The molecule has 2 rings (SSSR count). The SMILES string of the molecule is CCOC(=O)c1ccccc1On1[nH]c(OC(C)Cl)csn1Cl. The lowest BCUT2D eigenvalue weighted by molar-refractivity contribution is 0.0510. The van der Waals surface area contributed by atoms with Crippen molar-refractivity contribution in [2.24, 2.45) is 0 Å². The summed E-state index contributed by atoms with van der Waals surface area (Å²) in [6.07, 6.45) is 0. The highest BCUT2D eigenvalue weighted by atomic mass is 35.5. The lowest BCUT2D eigenvalue weighted by Crippen LogP contribution is -2.20. The van der Waals surface area contributed by atoms with Gasteiger partial charge < -0.3 is 14.3 Å². The molecule has 1 N–H and O–H groups in total. The third kappa shape index (κ3) is 4.85. The molecule has 1 aromatic heterocycles. The lowest BCUT2D eigenvalue weighted by atomic mass is 10.2. The van der Waals surface area contributed by atoms with E-state index in [9.17, 15) is 4.79 Å². The number of carbonyl (C=O) groups excluding carboxylic acids is 1. The number of carbonyl (C=O) groups is 1. The van der Waals surface area contributed by atoms with Crippen LogP contribution in [0.2, 0.25) is 0 Å². The molecular weight excluding hydrogens is 365 g/mol. The number of rotatable bonds is 6. The first kappa shape index (κ1) is 17.6. The van der Waals surface area contributed by atoms with Crippen LogP contribution >= 0.6 is 34.9 Å². The number of para-hydroxylation sites is 1. The van der Waals surface area contributed by atoms with E-state index in [1.807, 2.05) is 0 Å². The quantitative estimate of drug-likeness (QED) is 0.612. The van der Waals surface area contributed by atoms with Crippen LogP contribution in [0.1, 0.15) is 24.2 Å². The van der Waals surface area contributed by atoms with E-state index in [2.05, 4.69) is 5.10 Å². The van der Waals surface area contributed by atoms with Gasteiger partial charge >= 0.3 is 5.97 Å². The number of ether oxygens (including phenoxy) is 2. The monoisotopic (exact) mass is 379 g/mol. The van der Waals surface area contributed by atoms with Gasteiger partial charge in [0.15, 0.2) is 11.3 Å². The van der Waals surface area contributed by atoms with Crippen molar-refractivity contribution in [3.05, 3.63) is 35.2 Å². The Bertz CT molecular complexity index is 703. The number of nitrogens with zero attached hydrogens (tertiary/aromatic N) is 2. The predicted octanol–water partition coefficient (Wildman–Crippen LogP) is 3.79. The van der Waals surface area contributed by atoms with E-state index in [-0.39, 0.29) is 17.9 Å². The number of esters is 1. The first-order chi connectivity index (χ1) is 11.0. The first-order valence-electron chi connectivity index (χ1n) is 6.65. The summed E-state index contributed by atoms with van der Waals surface area (Å²) >= 11 is 12.9. The second-order valence-corrected chi connectivity index (χ2v) is 6.09. The number of nitrogens with one attached hydrogen (secondary N) is 1. The molecule has 0 aliphatic carbocycles. The molecule has 1 aromatic carbocycles. The van der Waals surface area contributed by atoms with Gasteiger partial charge in [0, 0.05) is 0 Å². The van der Waals surface area contributed by atoms with Gasteiger partial charge in [0.2, 0.25) is 5.88 Å². The topological polar surface area (TPSA) is 70.4 Å². The first-order valence-corrected chi connectivity index (χ1v) is 8.26. The van der Waals surface area contributed by atoms with Crippen molar-refractivity contribution >= 4 is 40.9 Å². The van der Waals surface area contributed by atoms with E-state index in [0.717, 1.165) is 20.1 Å². The van der Waals surface area contributed by atoms with Crippen LogP contribution < -0.4 is 9.57 Å². The van der Waals surface area contributed by atoms with Crippen molar-refractivity contribution in [1.29, 1.82) is 0 Å². The second-order valence-electron chi connectivity index (χ2n) is 4.17. The minimum Gasteiger partial charge on any atom is -0.462 e. The summed E-state index contributed by atoms with van der Waals surface area (Å²) < 4.78 is 11.5. The average molecular weight is 380 g/mol. The Labute approximate surface area is 146 Å². The predicted molar refractivity (Wildman–Crippen MR) is 87.9 cm³/mol. The van der Waals surface area contributed by atoms with Gasteiger partial charge in [0.25, 0.3) is 0 Å². The summed E-state index contributed by atoms with van der Waals surface area (Å²) in [6.45, 7) is 3.66. The molecule has 1 heterocycles. The fourth-order valence-electron chi connectivity index (χ4n) is 1.59. The minimum atomic E-state index is -0.537. The highest BCUT2D eigenvalue weighted by molar-refractivity contribution is 7.06. The number of hydrogen-bond donors (Lipinski definition) is 1. The molecule has 7 nitrogen and oxygen atoms in total. The molecule has 0 aliphatic rings. The van der Waals surface area contributed by atoms with Gasteiger partial charge in [-0.1, -0.05) is 27.3 Å². The Morgan fingerprint density at radius 3 is 2.87 bits per heavy atom. The Hall–Kier alpha value is -1.77. The summed E-state index contributed by atoms with van der Waals surface area (Å²) in [6, 6.07) is 6.64. The van der Waals surface area contributed by atoms with Gasteiger partial charge in [-0.15, -0.1) is 0 Å². The molecule has 0 spiro atoms. The van der Waals surface area contributed by atoms with Gasteiger partial charge in [-0.2, -0.15) is 0 Å². The van der Waals surface area contributed by atoms with E-state index in [1.54, 1.807) is 43.5 Å². The smallest absolute Gasteiger partial charge is 0.342 e. The maximum absolute atomic E-state index is 12.0. The van der Waals surface area contributed by atoms with Gasteiger partial charge in [-0.3, -0.25) is 0 Å². The van der Waals surface area contributed by atoms with Crippen LogP contribution in [0, 0.1) is 0 Å². The summed E-state index contributed by atoms with van der Waals surface area (Å²) in [7, 11) is 0. The van der Waals surface area contributed by atoms with Crippen molar-refractivity contribution in [1.82, 2.24) is 13.6 Å². The number of halogens is 2. The molecule has 2 aromatic rings.